The largest absolute Gasteiger partial charge is 0.381 e. The van der Waals surface area contributed by atoms with Crippen LogP contribution in [0.1, 0.15) is 32.6 Å². The van der Waals surface area contributed by atoms with Gasteiger partial charge >= 0.3 is 0 Å². The van der Waals surface area contributed by atoms with Gasteiger partial charge in [-0.2, -0.15) is 0 Å². The first-order valence-electron chi connectivity index (χ1n) is 8.64. The van der Waals surface area contributed by atoms with E-state index < -0.39 is 0 Å². The maximum Gasteiger partial charge on any atom is 0.0521 e. The van der Waals surface area contributed by atoms with Crippen molar-refractivity contribution in [2.75, 3.05) is 52.5 Å². The predicted molar refractivity (Wildman–Crippen MR) is 82.0 cm³/mol. The third kappa shape index (κ3) is 3.94. The van der Waals surface area contributed by atoms with Crippen LogP contribution >= 0.6 is 0 Å². The Morgan fingerprint density at radius 3 is 2.60 bits per heavy atom. The molecule has 116 valence electrons. The molecule has 2 heterocycles. The van der Waals surface area contributed by atoms with Crippen molar-refractivity contribution in [3.8, 4) is 0 Å². The average Bonchev–Trinajstić information content (AvgIpc) is 3.32. The highest BCUT2D eigenvalue weighted by molar-refractivity contribution is 4.89. The molecule has 0 amide bonds. The summed E-state index contributed by atoms with van der Waals surface area (Å²) in [4.78, 5) is 5.36. The van der Waals surface area contributed by atoms with Gasteiger partial charge in [0.2, 0.25) is 0 Å². The number of hydrogen-bond donors (Lipinski definition) is 1. The summed E-state index contributed by atoms with van der Waals surface area (Å²) in [5, 5.41) is 3.73. The molecule has 4 nitrogen and oxygen atoms in total. The average molecular weight is 281 g/mol. The Labute approximate surface area is 123 Å². The summed E-state index contributed by atoms with van der Waals surface area (Å²) >= 11 is 0. The minimum atomic E-state index is 0.671. The zero-order valence-corrected chi connectivity index (χ0v) is 13.0. The van der Waals surface area contributed by atoms with Gasteiger partial charge in [-0.05, 0) is 32.2 Å². The van der Waals surface area contributed by atoms with Crippen LogP contribution in [0.4, 0.5) is 0 Å². The summed E-state index contributed by atoms with van der Waals surface area (Å²) in [6, 6.07) is 1.61. The number of ether oxygens (including phenoxy) is 1. The van der Waals surface area contributed by atoms with Crippen LogP contribution in [0.5, 0.6) is 0 Å². The predicted octanol–water partition coefficient (Wildman–Crippen LogP) is 1.17. The van der Waals surface area contributed by atoms with Crippen molar-refractivity contribution in [2.24, 2.45) is 5.92 Å². The van der Waals surface area contributed by atoms with E-state index in [2.05, 4.69) is 22.0 Å². The van der Waals surface area contributed by atoms with Crippen LogP contribution in [0.15, 0.2) is 0 Å². The summed E-state index contributed by atoms with van der Waals surface area (Å²) < 4.78 is 5.73. The zero-order valence-electron chi connectivity index (χ0n) is 13.0. The highest BCUT2D eigenvalue weighted by atomic mass is 16.5. The highest BCUT2D eigenvalue weighted by Crippen LogP contribution is 2.27. The summed E-state index contributed by atoms with van der Waals surface area (Å²) in [7, 11) is 0. The number of nitrogens with one attached hydrogen (secondary N) is 1. The second-order valence-corrected chi connectivity index (χ2v) is 6.75. The van der Waals surface area contributed by atoms with Crippen LogP contribution in [0.3, 0.4) is 0 Å². The SMILES string of the molecule is CCCNC1CCOCC1CN1CCN(C2CC2)CC1. The molecule has 0 aromatic carbocycles. The fraction of sp³-hybridized carbons (Fsp3) is 1.00. The molecule has 1 aliphatic carbocycles. The zero-order chi connectivity index (χ0) is 13.8. The van der Waals surface area contributed by atoms with Gasteiger partial charge in [-0.3, -0.25) is 4.90 Å². The van der Waals surface area contributed by atoms with Crippen molar-refractivity contribution in [1.29, 1.82) is 0 Å². The molecule has 0 aromatic rings. The molecular formula is C16H31N3O. The molecule has 0 radical (unpaired) electrons. The van der Waals surface area contributed by atoms with Crippen LogP contribution in [0.2, 0.25) is 0 Å². The Bertz CT molecular complexity index is 287. The number of hydrogen-bond acceptors (Lipinski definition) is 4. The maximum atomic E-state index is 5.73. The molecule has 20 heavy (non-hydrogen) atoms. The van der Waals surface area contributed by atoms with Gasteiger partial charge in [0.15, 0.2) is 0 Å². The maximum absolute atomic E-state index is 5.73. The molecule has 2 atom stereocenters. The van der Waals surface area contributed by atoms with Crippen LogP contribution < -0.4 is 5.32 Å². The van der Waals surface area contributed by atoms with Gasteiger partial charge in [0.25, 0.3) is 0 Å². The quantitative estimate of drug-likeness (QED) is 0.791. The lowest BCUT2D eigenvalue weighted by atomic mass is 9.94. The van der Waals surface area contributed by atoms with E-state index in [0.717, 1.165) is 25.8 Å². The Morgan fingerprint density at radius 1 is 1.10 bits per heavy atom. The molecule has 3 aliphatic rings. The molecule has 0 bridgehead atoms. The first-order valence-corrected chi connectivity index (χ1v) is 8.64. The van der Waals surface area contributed by atoms with E-state index in [4.69, 9.17) is 4.74 Å². The lowest BCUT2D eigenvalue weighted by molar-refractivity contribution is 0.00831. The Morgan fingerprint density at radius 2 is 1.90 bits per heavy atom. The smallest absolute Gasteiger partial charge is 0.0521 e. The van der Waals surface area contributed by atoms with Gasteiger partial charge in [-0.1, -0.05) is 6.92 Å². The number of nitrogens with zero attached hydrogens (tertiary/aromatic N) is 2. The molecule has 3 rings (SSSR count). The fourth-order valence-corrected chi connectivity index (χ4v) is 3.66. The van der Waals surface area contributed by atoms with Crippen molar-refractivity contribution in [3.05, 3.63) is 0 Å². The topological polar surface area (TPSA) is 27.7 Å². The van der Waals surface area contributed by atoms with Crippen molar-refractivity contribution >= 4 is 0 Å². The van der Waals surface area contributed by atoms with Crippen molar-refractivity contribution < 1.29 is 4.74 Å². The van der Waals surface area contributed by atoms with Crippen molar-refractivity contribution in [2.45, 2.75) is 44.7 Å². The van der Waals surface area contributed by atoms with Gasteiger partial charge < -0.3 is 15.0 Å². The van der Waals surface area contributed by atoms with E-state index in [-0.39, 0.29) is 0 Å². The first kappa shape index (κ1) is 14.8. The lowest BCUT2D eigenvalue weighted by Gasteiger charge is -2.40. The minimum Gasteiger partial charge on any atom is -0.381 e. The van der Waals surface area contributed by atoms with Crippen LogP contribution in [0.25, 0.3) is 0 Å². The van der Waals surface area contributed by atoms with E-state index in [0.29, 0.717) is 12.0 Å². The summed E-state index contributed by atoms with van der Waals surface area (Å²) in [5.41, 5.74) is 0. The summed E-state index contributed by atoms with van der Waals surface area (Å²) in [6.07, 6.45) is 5.30. The molecule has 3 fully saturated rings. The summed E-state index contributed by atoms with van der Waals surface area (Å²) in [6.45, 7) is 11.6. The third-order valence-corrected chi connectivity index (χ3v) is 5.09. The van der Waals surface area contributed by atoms with Crippen LogP contribution in [0, 0.1) is 5.92 Å². The lowest BCUT2D eigenvalue weighted by Crippen LogP contribution is -2.52. The van der Waals surface area contributed by atoms with Crippen molar-refractivity contribution in [3.63, 3.8) is 0 Å². The van der Waals surface area contributed by atoms with Gasteiger partial charge in [-0.25, -0.2) is 0 Å². The van der Waals surface area contributed by atoms with Crippen molar-refractivity contribution in [1.82, 2.24) is 15.1 Å². The number of piperazine rings is 1. The Kier molecular flexibility index (Phi) is 5.32. The first-order chi connectivity index (χ1) is 9.86. The van der Waals surface area contributed by atoms with Gasteiger partial charge in [0.1, 0.15) is 0 Å². The molecule has 2 saturated heterocycles. The van der Waals surface area contributed by atoms with E-state index in [1.807, 2.05) is 0 Å². The van der Waals surface area contributed by atoms with E-state index in [9.17, 15) is 0 Å². The van der Waals surface area contributed by atoms with Gasteiger partial charge in [0, 0.05) is 57.3 Å². The number of rotatable bonds is 6. The van der Waals surface area contributed by atoms with E-state index in [1.54, 1.807) is 0 Å². The molecule has 0 aromatic heterocycles. The summed E-state index contributed by atoms with van der Waals surface area (Å²) in [5.74, 6) is 0.683. The van der Waals surface area contributed by atoms with Crippen LogP contribution in [-0.2, 0) is 4.74 Å². The van der Waals surface area contributed by atoms with E-state index in [1.165, 1.54) is 58.4 Å². The van der Waals surface area contributed by atoms with Gasteiger partial charge in [-0.15, -0.1) is 0 Å². The molecule has 1 saturated carbocycles. The molecule has 2 aliphatic heterocycles. The monoisotopic (exact) mass is 281 g/mol. The second kappa shape index (κ2) is 7.21. The second-order valence-electron chi connectivity index (χ2n) is 6.75. The fourth-order valence-electron chi connectivity index (χ4n) is 3.66. The van der Waals surface area contributed by atoms with E-state index >= 15 is 0 Å². The molecule has 0 spiro atoms. The molecule has 1 N–H and O–H groups in total. The third-order valence-electron chi connectivity index (χ3n) is 5.09. The van der Waals surface area contributed by atoms with Gasteiger partial charge in [0.05, 0.1) is 6.61 Å². The standard InChI is InChI=1S/C16H31N3O/c1-2-6-17-16-5-11-20-13-14(16)12-18-7-9-19(10-8-18)15-3-4-15/h14-17H,2-13H2,1H3. The Balaban J connectivity index is 1.43. The minimum absolute atomic E-state index is 0.671. The normalized spacial score (nSPS) is 33.5. The molecular weight excluding hydrogens is 250 g/mol. The van der Waals surface area contributed by atoms with Crippen LogP contribution in [-0.4, -0.2) is 74.4 Å². The highest BCUT2D eigenvalue weighted by Gasteiger charge is 2.33. The molecule has 2 unspecified atom stereocenters. The molecule has 4 heteroatoms. The Hall–Kier alpha value is -0.160.